The van der Waals surface area contributed by atoms with E-state index in [0.29, 0.717) is 5.75 Å². The van der Waals surface area contributed by atoms with E-state index >= 15 is 0 Å². The van der Waals surface area contributed by atoms with Crippen LogP contribution in [0, 0.1) is 0 Å². The van der Waals surface area contributed by atoms with Crippen molar-refractivity contribution in [2.24, 2.45) is 0 Å². The van der Waals surface area contributed by atoms with E-state index in [1.54, 1.807) is 7.11 Å². The second-order valence-electron chi connectivity index (χ2n) is 5.26. The lowest BCUT2D eigenvalue weighted by atomic mass is 9.86. The Balaban J connectivity index is 2.96. The monoisotopic (exact) mass is 254 g/mol. The molecule has 0 aliphatic carbocycles. The highest BCUT2D eigenvalue weighted by atomic mass is 16.5. The van der Waals surface area contributed by atoms with Crippen LogP contribution in [0.15, 0.2) is 18.2 Å². The zero-order valence-electron chi connectivity index (χ0n) is 11.4. The highest BCUT2D eigenvalue weighted by Gasteiger charge is 2.20. The van der Waals surface area contributed by atoms with Crippen molar-refractivity contribution >= 4 is 0 Å². The molecule has 1 aromatic carbocycles. The van der Waals surface area contributed by atoms with Gasteiger partial charge in [0.15, 0.2) is 0 Å². The van der Waals surface area contributed by atoms with Crippen molar-refractivity contribution in [2.45, 2.75) is 32.3 Å². The maximum atomic E-state index is 9.31. The summed E-state index contributed by atoms with van der Waals surface area (Å²) in [6, 6.07) is 5.57. The second kappa shape index (κ2) is 6.07. The third kappa shape index (κ3) is 3.89. The van der Waals surface area contributed by atoms with Crippen LogP contribution in [-0.4, -0.2) is 36.6 Å². The van der Waals surface area contributed by atoms with E-state index in [1.165, 1.54) is 0 Å². The minimum absolute atomic E-state index is 0.0753. The number of rotatable bonds is 5. The average molecular weight is 254 g/mol. The van der Waals surface area contributed by atoms with E-state index in [1.807, 2.05) is 18.2 Å². The van der Waals surface area contributed by atoms with Gasteiger partial charge in [-0.1, -0.05) is 20.8 Å². The molecular weight excluding hydrogens is 232 g/mol. The predicted octanol–water partition coefficient (Wildman–Crippen LogP) is 1.72. The Bertz CT molecular complexity index is 382. The summed E-state index contributed by atoms with van der Waals surface area (Å²) in [7, 11) is 1.62. The molecule has 0 radical (unpaired) electrons. The van der Waals surface area contributed by atoms with E-state index in [2.05, 4.69) is 20.8 Å². The van der Waals surface area contributed by atoms with Crippen molar-refractivity contribution < 1.29 is 19.7 Å². The summed E-state index contributed by atoms with van der Waals surface area (Å²) in [6.07, 6.45) is -0.861. The quantitative estimate of drug-likeness (QED) is 0.840. The molecule has 0 saturated heterocycles. The molecule has 0 amide bonds. The van der Waals surface area contributed by atoms with Gasteiger partial charge in [-0.15, -0.1) is 0 Å². The highest BCUT2D eigenvalue weighted by molar-refractivity contribution is 5.44. The first kappa shape index (κ1) is 14.8. The molecule has 0 fully saturated rings. The molecule has 4 nitrogen and oxygen atoms in total. The van der Waals surface area contributed by atoms with Gasteiger partial charge in [0, 0.05) is 5.56 Å². The molecule has 0 heterocycles. The predicted molar refractivity (Wildman–Crippen MR) is 70.3 cm³/mol. The zero-order chi connectivity index (χ0) is 13.8. The van der Waals surface area contributed by atoms with Gasteiger partial charge in [0.2, 0.25) is 0 Å². The fourth-order valence-corrected chi connectivity index (χ4v) is 1.59. The number of aliphatic hydroxyl groups is 2. The average Bonchev–Trinajstić information content (AvgIpc) is 2.34. The van der Waals surface area contributed by atoms with E-state index in [9.17, 15) is 5.11 Å². The minimum Gasteiger partial charge on any atom is -0.497 e. The van der Waals surface area contributed by atoms with Gasteiger partial charge in [0.1, 0.15) is 24.2 Å². The van der Waals surface area contributed by atoms with Gasteiger partial charge in [0.25, 0.3) is 0 Å². The smallest absolute Gasteiger partial charge is 0.123 e. The Morgan fingerprint density at radius 2 is 1.94 bits per heavy atom. The summed E-state index contributed by atoms with van der Waals surface area (Å²) >= 11 is 0. The number of ether oxygens (including phenoxy) is 2. The van der Waals surface area contributed by atoms with Gasteiger partial charge < -0.3 is 19.7 Å². The van der Waals surface area contributed by atoms with Crippen LogP contribution < -0.4 is 9.47 Å². The lowest BCUT2D eigenvalue weighted by Gasteiger charge is -2.24. The molecule has 0 saturated carbocycles. The van der Waals surface area contributed by atoms with E-state index < -0.39 is 6.10 Å². The highest BCUT2D eigenvalue weighted by Crippen LogP contribution is 2.34. The molecule has 4 heteroatoms. The molecule has 1 atom stereocenters. The summed E-state index contributed by atoms with van der Waals surface area (Å²) in [5.41, 5.74) is 0.917. The fraction of sp³-hybridized carbons (Fsp3) is 0.571. The molecule has 102 valence electrons. The van der Waals surface area contributed by atoms with Crippen LogP contribution in [0.4, 0.5) is 0 Å². The number of methoxy groups -OCH3 is 1. The largest absolute Gasteiger partial charge is 0.497 e. The van der Waals surface area contributed by atoms with Crippen LogP contribution in [0.1, 0.15) is 26.3 Å². The maximum absolute atomic E-state index is 9.31. The first-order valence-electron chi connectivity index (χ1n) is 5.98. The molecule has 2 N–H and O–H groups in total. The summed E-state index contributed by atoms with van der Waals surface area (Å²) in [6.45, 7) is 6.01. The molecular formula is C14H22O4. The second-order valence-corrected chi connectivity index (χ2v) is 5.26. The summed E-state index contributed by atoms with van der Waals surface area (Å²) in [5, 5.41) is 18.1. The van der Waals surface area contributed by atoms with E-state index in [4.69, 9.17) is 14.6 Å². The Kier molecular flexibility index (Phi) is 4.99. The number of benzene rings is 1. The Labute approximate surface area is 108 Å². The van der Waals surface area contributed by atoms with Crippen LogP contribution in [0.3, 0.4) is 0 Å². The van der Waals surface area contributed by atoms with Crippen LogP contribution in [-0.2, 0) is 5.41 Å². The summed E-state index contributed by atoms with van der Waals surface area (Å²) in [5.74, 6) is 1.48. The normalized spacial score (nSPS) is 13.2. The first-order chi connectivity index (χ1) is 8.38. The van der Waals surface area contributed by atoms with Gasteiger partial charge in [-0.2, -0.15) is 0 Å². The van der Waals surface area contributed by atoms with Crippen molar-refractivity contribution in [2.75, 3.05) is 20.3 Å². The van der Waals surface area contributed by atoms with E-state index in [-0.39, 0.29) is 18.6 Å². The third-order valence-corrected chi connectivity index (χ3v) is 2.64. The Hall–Kier alpha value is -1.26. The molecule has 0 aliphatic heterocycles. The zero-order valence-corrected chi connectivity index (χ0v) is 11.4. The van der Waals surface area contributed by atoms with Gasteiger partial charge in [0.05, 0.1) is 13.7 Å². The first-order valence-corrected chi connectivity index (χ1v) is 5.98. The molecule has 1 unspecified atom stereocenters. The van der Waals surface area contributed by atoms with Gasteiger partial charge in [-0.25, -0.2) is 0 Å². The lowest BCUT2D eigenvalue weighted by Crippen LogP contribution is -2.23. The fourth-order valence-electron chi connectivity index (χ4n) is 1.59. The van der Waals surface area contributed by atoms with Crippen LogP contribution in [0.25, 0.3) is 0 Å². The summed E-state index contributed by atoms with van der Waals surface area (Å²) in [4.78, 5) is 0. The van der Waals surface area contributed by atoms with Crippen molar-refractivity contribution in [3.63, 3.8) is 0 Å². The Morgan fingerprint density at radius 1 is 1.28 bits per heavy atom. The molecule has 0 spiro atoms. The lowest BCUT2D eigenvalue weighted by molar-refractivity contribution is 0.0530. The van der Waals surface area contributed by atoms with E-state index in [0.717, 1.165) is 11.3 Å². The number of aliphatic hydroxyl groups excluding tert-OH is 2. The van der Waals surface area contributed by atoms with Crippen molar-refractivity contribution in [1.82, 2.24) is 0 Å². The van der Waals surface area contributed by atoms with Gasteiger partial charge in [-0.3, -0.25) is 0 Å². The maximum Gasteiger partial charge on any atom is 0.123 e. The SMILES string of the molecule is COc1ccc(OCC(O)CO)c(C(C)(C)C)c1. The van der Waals surface area contributed by atoms with Crippen molar-refractivity contribution in [1.29, 1.82) is 0 Å². The van der Waals surface area contributed by atoms with Gasteiger partial charge >= 0.3 is 0 Å². The third-order valence-electron chi connectivity index (χ3n) is 2.64. The van der Waals surface area contributed by atoms with Crippen molar-refractivity contribution in [3.8, 4) is 11.5 Å². The van der Waals surface area contributed by atoms with Crippen LogP contribution in [0.5, 0.6) is 11.5 Å². The topological polar surface area (TPSA) is 58.9 Å². The standard InChI is InChI=1S/C14H22O4/c1-14(2,3)12-7-11(17-4)5-6-13(12)18-9-10(16)8-15/h5-7,10,15-16H,8-9H2,1-4H3. The molecule has 18 heavy (non-hydrogen) atoms. The van der Waals surface area contributed by atoms with Crippen LogP contribution in [0.2, 0.25) is 0 Å². The summed E-state index contributed by atoms with van der Waals surface area (Å²) < 4.78 is 10.8. The van der Waals surface area contributed by atoms with Crippen LogP contribution >= 0.6 is 0 Å². The number of hydrogen-bond donors (Lipinski definition) is 2. The molecule has 0 aromatic heterocycles. The Morgan fingerprint density at radius 3 is 2.44 bits per heavy atom. The van der Waals surface area contributed by atoms with Crippen molar-refractivity contribution in [3.05, 3.63) is 23.8 Å². The molecule has 0 aliphatic rings. The van der Waals surface area contributed by atoms with Gasteiger partial charge in [-0.05, 0) is 23.6 Å². The molecule has 1 rings (SSSR count). The minimum atomic E-state index is -0.861. The molecule has 0 bridgehead atoms. The molecule has 1 aromatic rings. The number of hydrogen-bond acceptors (Lipinski definition) is 4.